The lowest BCUT2D eigenvalue weighted by Crippen LogP contribution is -2.59. The molecule has 200 valence electrons. The number of rotatable bonds is 5. The third-order valence-electron chi connectivity index (χ3n) is 10.9. The number of carbonyl (C=O) groups is 2. The van der Waals surface area contributed by atoms with E-state index in [1.807, 2.05) is 60.7 Å². The zero-order valence-corrected chi connectivity index (χ0v) is 22.5. The molecule has 0 bridgehead atoms. The molecule has 2 aromatic rings. The fraction of sp³-hybridized carbons (Fsp3) is 0.515. The highest BCUT2D eigenvalue weighted by atomic mass is 16.3. The Balaban J connectivity index is 1.24. The van der Waals surface area contributed by atoms with Crippen molar-refractivity contribution in [3.63, 3.8) is 0 Å². The molecular formula is C33H40N2O3. The van der Waals surface area contributed by atoms with Gasteiger partial charge in [0, 0.05) is 17.4 Å². The van der Waals surface area contributed by atoms with Gasteiger partial charge in [-0.1, -0.05) is 80.6 Å². The summed E-state index contributed by atoms with van der Waals surface area (Å²) in [7, 11) is 0. The first-order valence-electron chi connectivity index (χ1n) is 14.4. The Labute approximate surface area is 226 Å². The molecule has 6 rings (SSSR count). The second-order valence-electron chi connectivity index (χ2n) is 12.6. The first-order chi connectivity index (χ1) is 18.3. The molecule has 5 nitrogen and oxygen atoms in total. The molecule has 3 N–H and O–H groups in total. The number of aliphatic hydroxyl groups excluding tert-OH is 1. The van der Waals surface area contributed by atoms with Gasteiger partial charge in [-0.3, -0.25) is 9.59 Å². The molecule has 0 radical (unpaired) electrons. The van der Waals surface area contributed by atoms with Gasteiger partial charge in [0.05, 0.1) is 6.04 Å². The molecule has 1 heterocycles. The fourth-order valence-corrected chi connectivity index (χ4v) is 8.87. The van der Waals surface area contributed by atoms with Crippen molar-refractivity contribution in [2.24, 2.45) is 34.5 Å². The van der Waals surface area contributed by atoms with E-state index in [1.165, 1.54) is 0 Å². The van der Waals surface area contributed by atoms with Gasteiger partial charge in [0.1, 0.15) is 6.10 Å². The van der Waals surface area contributed by atoms with E-state index in [2.05, 4.69) is 30.6 Å². The van der Waals surface area contributed by atoms with Crippen molar-refractivity contribution in [1.82, 2.24) is 10.6 Å². The maximum atomic E-state index is 14.0. The van der Waals surface area contributed by atoms with Crippen LogP contribution in [-0.2, 0) is 9.59 Å². The molecule has 0 spiro atoms. The Hall–Kier alpha value is -2.92. The first kappa shape index (κ1) is 25.4. The van der Waals surface area contributed by atoms with Crippen LogP contribution in [0.1, 0.15) is 75.6 Å². The van der Waals surface area contributed by atoms with Crippen LogP contribution in [0, 0.1) is 34.5 Å². The lowest BCUT2D eigenvalue weighted by Gasteiger charge is -2.58. The van der Waals surface area contributed by atoms with E-state index in [4.69, 9.17) is 0 Å². The summed E-state index contributed by atoms with van der Waals surface area (Å²) < 4.78 is 0. The van der Waals surface area contributed by atoms with Gasteiger partial charge < -0.3 is 15.7 Å². The van der Waals surface area contributed by atoms with Crippen molar-refractivity contribution >= 4 is 11.8 Å². The molecule has 38 heavy (non-hydrogen) atoms. The number of benzene rings is 2. The fourth-order valence-electron chi connectivity index (χ4n) is 8.87. The van der Waals surface area contributed by atoms with Crippen molar-refractivity contribution in [3.05, 3.63) is 83.9 Å². The van der Waals surface area contributed by atoms with E-state index < -0.39 is 12.1 Å². The van der Waals surface area contributed by atoms with E-state index in [-0.39, 0.29) is 34.6 Å². The second-order valence-corrected chi connectivity index (χ2v) is 12.6. The normalized spacial score (nSPS) is 37.2. The van der Waals surface area contributed by atoms with Gasteiger partial charge in [0.2, 0.25) is 11.8 Å². The van der Waals surface area contributed by atoms with Gasteiger partial charge in [-0.25, -0.2) is 0 Å². The Morgan fingerprint density at radius 1 is 0.921 bits per heavy atom. The molecule has 4 unspecified atom stereocenters. The van der Waals surface area contributed by atoms with Crippen LogP contribution >= 0.6 is 0 Å². The van der Waals surface area contributed by atoms with Gasteiger partial charge in [-0.05, 0) is 78.9 Å². The molecular weight excluding hydrogens is 472 g/mol. The van der Waals surface area contributed by atoms with Crippen molar-refractivity contribution < 1.29 is 14.7 Å². The molecule has 9 atom stereocenters. The number of aliphatic hydroxyl groups is 1. The van der Waals surface area contributed by atoms with Crippen molar-refractivity contribution in [1.29, 1.82) is 0 Å². The minimum atomic E-state index is -0.827. The number of nitrogens with one attached hydrogen (secondary N) is 2. The van der Waals surface area contributed by atoms with E-state index in [9.17, 15) is 14.7 Å². The zero-order valence-electron chi connectivity index (χ0n) is 22.5. The minimum absolute atomic E-state index is 0.00327. The lowest BCUT2D eigenvalue weighted by molar-refractivity contribution is -0.135. The van der Waals surface area contributed by atoms with Gasteiger partial charge in [-0.2, -0.15) is 0 Å². The maximum absolute atomic E-state index is 14.0. The summed E-state index contributed by atoms with van der Waals surface area (Å²) in [6.07, 6.45) is 9.30. The molecule has 0 saturated heterocycles. The Morgan fingerprint density at radius 3 is 2.32 bits per heavy atom. The van der Waals surface area contributed by atoms with Gasteiger partial charge in [0.25, 0.3) is 0 Å². The molecule has 0 aromatic heterocycles. The van der Waals surface area contributed by atoms with E-state index in [1.54, 1.807) is 6.08 Å². The van der Waals surface area contributed by atoms with Gasteiger partial charge in [-0.15, -0.1) is 0 Å². The molecule has 3 fully saturated rings. The topological polar surface area (TPSA) is 78.4 Å². The summed E-state index contributed by atoms with van der Waals surface area (Å²) >= 11 is 0. The van der Waals surface area contributed by atoms with Crippen LogP contribution in [0.15, 0.2) is 72.8 Å². The predicted octanol–water partition coefficient (Wildman–Crippen LogP) is 5.49. The summed E-state index contributed by atoms with van der Waals surface area (Å²) in [6.45, 7) is 4.69. The SMILES string of the molecule is C[C@]12C=CC(=O)NC1CC[C@@H]1[C@H]2CC[C@]2(C)C(C(=O)NC(c3ccccc3)C(O)c3ccccc3)CC[C@@H]12. The van der Waals surface area contributed by atoms with E-state index in [0.29, 0.717) is 17.8 Å². The summed E-state index contributed by atoms with van der Waals surface area (Å²) in [5.74, 6) is 1.67. The summed E-state index contributed by atoms with van der Waals surface area (Å²) in [4.78, 5) is 26.1. The number of carbonyl (C=O) groups excluding carboxylic acids is 2. The van der Waals surface area contributed by atoms with Crippen molar-refractivity contribution in [2.45, 2.75) is 70.6 Å². The van der Waals surface area contributed by atoms with Crippen LogP contribution in [0.3, 0.4) is 0 Å². The predicted molar refractivity (Wildman–Crippen MR) is 148 cm³/mol. The van der Waals surface area contributed by atoms with Crippen LogP contribution in [0.4, 0.5) is 0 Å². The summed E-state index contributed by atoms with van der Waals surface area (Å²) in [5.41, 5.74) is 1.67. The highest BCUT2D eigenvalue weighted by Crippen LogP contribution is 2.65. The molecule has 2 amide bonds. The smallest absolute Gasteiger partial charge is 0.243 e. The molecule has 1 aliphatic heterocycles. The van der Waals surface area contributed by atoms with E-state index in [0.717, 1.165) is 49.7 Å². The van der Waals surface area contributed by atoms with E-state index >= 15 is 0 Å². The molecule has 3 saturated carbocycles. The van der Waals surface area contributed by atoms with Gasteiger partial charge in [0.15, 0.2) is 0 Å². The van der Waals surface area contributed by atoms with Crippen LogP contribution < -0.4 is 10.6 Å². The van der Waals surface area contributed by atoms with Crippen LogP contribution in [-0.4, -0.2) is 23.0 Å². The Bertz CT molecular complexity index is 1210. The molecule has 3 aliphatic carbocycles. The summed E-state index contributed by atoms with van der Waals surface area (Å²) in [5, 5.41) is 17.9. The number of amides is 2. The highest BCUT2D eigenvalue weighted by Gasteiger charge is 2.61. The number of hydrogen-bond donors (Lipinski definition) is 3. The molecule has 5 heteroatoms. The summed E-state index contributed by atoms with van der Waals surface area (Å²) in [6, 6.07) is 19.2. The number of fused-ring (bicyclic) bond motifs is 5. The minimum Gasteiger partial charge on any atom is -0.386 e. The third-order valence-corrected chi connectivity index (χ3v) is 10.9. The van der Waals surface area contributed by atoms with Crippen LogP contribution in [0.5, 0.6) is 0 Å². The monoisotopic (exact) mass is 512 g/mol. The van der Waals surface area contributed by atoms with Crippen LogP contribution in [0.2, 0.25) is 0 Å². The lowest BCUT2D eigenvalue weighted by atomic mass is 9.48. The Kier molecular flexibility index (Phi) is 6.46. The average Bonchev–Trinajstić information content (AvgIpc) is 3.30. The average molecular weight is 513 g/mol. The standard InChI is InChI=1S/C33H40N2O3/c1-32-19-17-25-23(13-16-27-33(25,2)20-18-28(36)34-27)24(32)14-15-26(32)31(38)35-29(21-9-5-3-6-10-21)30(37)22-11-7-4-8-12-22/h3-12,18,20,23-27,29-30,37H,13-17,19H2,1-2H3,(H,34,36)(H,35,38)/t23-,24-,25+,26?,27?,29?,30?,32-,33+/m0/s1. The first-order valence-corrected chi connectivity index (χ1v) is 14.4. The quantitative estimate of drug-likeness (QED) is 0.496. The van der Waals surface area contributed by atoms with Crippen LogP contribution in [0.25, 0.3) is 0 Å². The molecule has 4 aliphatic rings. The molecule has 2 aromatic carbocycles. The highest BCUT2D eigenvalue weighted by molar-refractivity contribution is 5.89. The largest absolute Gasteiger partial charge is 0.386 e. The van der Waals surface area contributed by atoms with Crippen molar-refractivity contribution in [3.8, 4) is 0 Å². The maximum Gasteiger partial charge on any atom is 0.243 e. The number of hydrogen-bond acceptors (Lipinski definition) is 3. The zero-order chi connectivity index (χ0) is 26.5. The van der Waals surface area contributed by atoms with Crippen molar-refractivity contribution in [2.75, 3.05) is 0 Å². The van der Waals surface area contributed by atoms with Gasteiger partial charge >= 0.3 is 0 Å². The third kappa shape index (κ3) is 4.10. The second kappa shape index (κ2) is 9.68. The Morgan fingerprint density at radius 2 is 1.61 bits per heavy atom.